The molecule has 5 rings (SSSR count). The largest absolute Gasteiger partial charge is 0.489 e. The van der Waals surface area contributed by atoms with Gasteiger partial charge in [-0.2, -0.15) is 5.10 Å². The van der Waals surface area contributed by atoms with Gasteiger partial charge in [-0.15, -0.1) is 0 Å². The number of benzene rings is 2. The van der Waals surface area contributed by atoms with Crippen LogP contribution in [0.2, 0.25) is 0 Å². The standard InChI is InChI=1S/C23H23BrN6O/c1-29-6-5-20(14-29)31-21-9-15(17-12-26-30(2)13-17)8-19(10-21)27-23-25-11-16-7-18(24)3-4-22(16)28-23/h3-4,7-13,20H,5-6,14H2,1-2H3,(H,25,27,28). The number of likely N-dealkylation sites (tertiary alicyclic amines) is 1. The van der Waals surface area contributed by atoms with Crippen molar-refractivity contribution in [2.45, 2.75) is 12.5 Å². The van der Waals surface area contributed by atoms with Crippen molar-refractivity contribution in [1.82, 2.24) is 24.6 Å². The van der Waals surface area contributed by atoms with Crippen LogP contribution in [0.4, 0.5) is 11.6 Å². The van der Waals surface area contributed by atoms with Crippen LogP contribution in [0.15, 0.2) is 59.5 Å². The molecule has 0 amide bonds. The molecule has 8 heteroatoms. The Bertz CT molecular complexity index is 1240. The fourth-order valence-electron chi connectivity index (χ4n) is 3.85. The molecule has 0 saturated carbocycles. The van der Waals surface area contributed by atoms with E-state index in [0.717, 1.165) is 57.4 Å². The zero-order valence-electron chi connectivity index (χ0n) is 17.4. The molecule has 1 unspecified atom stereocenters. The van der Waals surface area contributed by atoms with Gasteiger partial charge in [-0.05, 0) is 49.4 Å². The molecule has 31 heavy (non-hydrogen) atoms. The predicted octanol–water partition coefficient (Wildman–Crippen LogP) is 4.62. The van der Waals surface area contributed by atoms with Crippen LogP contribution >= 0.6 is 15.9 Å². The van der Waals surface area contributed by atoms with Crippen LogP contribution in [0.5, 0.6) is 5.75 Å². The molecule has 0 spiro atoms. The summed E-state index contributed by atoms with van der Waals surface area (Å²) in [6.07, 6.45) is 6.90. The summed E-state index contributed by atoms with van der Waals surface area (Å²) in [6, 6.07) is 12.1. The van der Waals surface area contributed by atoms with Crippen molar-refractivity contribution >= 4 is 38.5 Å². The number of aryl methyl sites for hydroxylation is 1. The van der Waals surface area contributed by atoms with Gasteiger partial charge in [0, 0.05) is 59.7 Å². The first kappa shape index (κ1) is 20.0. The zero-order chi connectivity index (χ0) is 21.4. The number of nitrogens with zero attached hydrogens (tertiary/aromatic N) is 5. The summed E-state index contributed by atoms with van der Waals surface area (Å²) >= 11 is 3.49. The lowest BCUT2D eigenvalue weighted by atomic mass is 10.1. The second kappa shape index (κ2) is 8.28. The van der Waals surface area contributed by atoms with Gasteiger partial charge in [0.1, 0.15) is 11.9 Å². The Hall–Kier alpha value is -2.97. The van der Waals surface area contributed by atoms with Gasteiger partial charge in [-0.25, -0.2) is 9.97 Å². The number of halogens is 1. The van der Waals surface area contributed by atoms with Crippen molar-refractivity contribution < 1.29 is 4.74 Å². The van der Waals surface area contributed by atoms with Gasteiger partial charge in [0.2, 0.25) is 5.95 Å². The van der Waals surface area contributed by atoms with E-state index in [0.29, 0.717) is 5.95 Å². The summed E-state index contributed by atoms with van der Waals surface area (Å²) in [4.78, 5) is 11.4. The van der Waals surface area contributed by atoms with Crippen LogP contribution < -0.4 is 10.1 Å². The molecule has 1 fully saturated rings. The first-order valence-electron chi connectivity index (χ1n) is 10.2. The summed E-state index contributed by atoms with van der Waals surface area (Å²) in [5.41, 5.74) is 3.82. The van der Waals surface area contributed by atoms with E-state index in [9.17, 15) is 0 Å². The summed E-state index contributed by atoms with van der Waals surface area (Å²) in [6.45, 7) is 1.99. The molecule has 1 aliphatic rings. The topological polar surface area (TPSA) is 68.1 Å². The molecule has 1 N–H and O–H groups in total. The van der Waals surface area contributed by atoms with Gasteiger partial charge in [0.15, 0.2) is 0 Å². The molecule has 0 bridgehead atoms. The first-order valence-corrected chi connectivity index (χ1v) is 11.0. The molecule has 2 aromatic heterocycles. The fraction of sp³-hybridized carbons (Fsp3) is 0.261. The summed E-state index contributed by atoms with van der Waals surface area (Å²) in [7, 11) is 4.04. The van der Waals surface area contributed by atoms with E-state index in [1.165, 1.54) is 0 Å². The molecule has 1 atom stereocenters. The Balaban J connectivity index is 1.47. The van der Waals surface area contributed by atoms with E-state index in [2.05, 4.69) is 60.4 Å². The van der Waals surface area contributed by atoms with Crippen molar-refractivity contribution in [3.05, 3.63) is 59.5 Å². The van der Waals surface area contributed by atoms with Gasteiger partial charge < -0.3 is 15.0 Å². The highest BCUT2D eigenvalue weighted by Crippen LogP contribution is 2.31. The highest BCUT2D eigenvalue weighted by Gasteiger charge is 2.21. The van der Waals surface area contributed by atoms with E-state index in [1.54, 1.807) is 4.68 Å². The number of nitrogens with one attached hydrogen (secondary N) is 1. The zero-order valence-corrected chi connectivity index (χ0v) is 19.0. The average Bonchev–Trinajstić information content (AvgIpc) is 3.36. The minimum Gasteiger partial charge on any atom is -0.489 e. The average molecular weight is 479 g/mol. The lowest BCUT2D eigenvalue weighted by Gasteiger charge is -2.16. The predicted molar refractivity (Wildman–Crippen MR) is 126 cm³/mol. The van der Waals surface area contributed by atoms with E-state index in [4.69, 9.17) is 4.74 Å². The number of hydrogen-bond donors (Lipinski definition) is 1. The molecule has 1 saturated heterocycles. The molecule has 4 aromatic rings. The van der Waals surface area contributed by atoms with Crippen molar-refractivity contribution in [3.8, 4) is 16.9 Å². The highest BCUT2D eigenvalue weighted by molar-refractivity contribution is 9.10. The van der Waals surface area contributed by atoms with Gasteiger partial charge in [0.05, 0.1) is 11.7 Å². The summed E-state index contributed by atoms with van der Waals surface area (Å²) < 4.78 is 9.13. The molecule has 0 aliphatic carbocycles. The Kier molecular flexibility index (Phi) is 5.33. The molecule has 158 valence electrons. The molecule has 7 nitrogen and oxygen atoms in total. The lowest BCUT2D eigenvalue weighted by Crippen LogP contribution is -2.21. The third kappa shape index (κ3) is 4.55. The number of rotatable bonds is 5. The molecule has 3 heterocycles. The summed E-state index contributed by atoms with van der Waals surface area (Å²) in [5.74, 6) is 1.37. The summed E-state index contributed by atoms with van der Waals surface area (Å²) in [5, 5.41) is 8.65. The normalized spacial score (nSPS) is 16.7. The van der Waals surface area contributed by atoms with Crippen LogP contribution in [0.1, 0.15) is 6.42 Å². The molecular weight excluding hydrogens is 456 g/mol. The second-order valence-electron chi connectivity index (χ2n) is 7.96. The molecule has 0 radical (unpaired) electrons. The first-order chi connectivity index (χ1) is 15.0. The Morgan fingerprint density at radius 1 is 1.10 bits per heavy atom. The van der Waals surface area contributed by atoms with Gasteiger partial charge in [-0.1, -0.05) is 15.9 Å². The van der Waals surface area contributed by atoms with E-state index in [-0.39, 0.29) is 6.10 Å². The van der Waals surface area contributed by atoms with Crippen LogP contribution in [0.25, 0.3) is 22.0 Å². The van der Waals surface area contributed by atoms with Crippen LogP contribution in [-0.2, 0) is 7.05 Å². The maximum absolute atomic E-state index is 6.32. The fourth-order valence-corrected chi connectivity index (χ4v) is 4.23. The third-order valence-electron chi connectivity index (χ3n) is 5.39. The monoisotopic (exact) mass is 478 g/mol. The smallest absolute Gasteiger partial charge is 0.227 e. The van der Waals surface area contributed by atoms with Crippen LogP contribution in [0.3, 0.4) is 0 Å². The SMILES string of the molecule is CN1CCC(Oc2cc(Nc3ncc4cc(Br)ccc4n3)cc(-c3cnn(C)c3)c2)C1. The number of anilines is 2. The molecular formula is C23H23BrN6O. The van der Waals surface area contributed by atoms with Crippen molar-refractivity contribution in [1.29, 1.82) is 0 Å². The van der Waals surface area contributed by atoms with Crippen molar-refractivity contribution in [2.24, 2.45) is 7.05 Å². The Morgan fingerprint density at radius 2 is 2.00 bits per heavy atom. The minimum atomic E-state index is 0.192. The minimum absolute atomic E-state index is 0.192. The van der Waals surface area contributed by atoms with Crippen LogP contribution in [0, 0.1) is 0 Å². The van der Waals surface area contributed by atoms with Gasteiger partial charge >= 0.3 is 0 Å². The second-order valence-corrected chi connectivity index (χ2v) is 8.88. The van der Waals surface area contributed by atoms with Crippen molar-refractivity contribution in [2.75, 3.05) is 25.5 Å². The maximum atomic E-state index is 6.32. The van der Waals surface area contributed by atoms with E-state index < -0.39 is 0 Å². The maximum Gasteiger partial charge on any atom is 0.227 e. The highest BCUT2D eigenvalue weighted by atomic mass is 79.9. The Morgan fingerprint density at radius 3 is 2.77 bits per heavy atom. The quantitative estimate of drug-likeness (QED) is 0.451. The molecule has 1 aliphatic heterocycles. The number of ether oxygens (including phenoxy) is 1. The Labute approximate surface area is 189 Å². The van der Waals surface area contributed by atoms with Crippen molar-refractivity contribution in [3.63, 3.8) is 0 Å². The van der Waals surface area contributed by atoms with E-state index in [1.807, 2.05) is 49.9 Å². The van der Waals surface area contributed by atoms with Gasteiger partial charge in [0.25, 0.3) is 0 Å². The lowest BCUT2D eigenvalue weighted by molar-refractivity contribution is 0.208. The number of likely N-dealkylation sites (N-methyl/N-ethyl adjacent to an activating group) is 1. The third-order valence-corrected chi connectivity index (χ3v) is 5.89. The van der Waals surface area contributed by atoms with E-state index >= 15 is 0 Å². The van der Waals surface area contributed by atoms with Crippen LogP contribution in [-0.4, -0.2) is 50.9 Å². The van der Waals surface area contributed by atoms with Gasteiger partial charge in [-0.3, -0.25) is 4.68 Å². The number of fused-ring (bicyclic) bond motifs is 1. The molecule has 2 aromatic carbocycles. The number of aromatic nitrogens is 4. The number of hydrogen-bond acceptors (Lipinski definition) is 6.